The fourth-order valence-corrected chi connectivity index (χ4v) is 3.05. The van der Waals surface area contributed by atoms with Gasteiger partial charge in [-0.05, 0) is 60.5 Å². The zero-order chi connectivity index (χ0) is 17.7. The summed E-state index contributed by atoms with van der Waals surface area (Å²) in [5, 5.41) is 3.35. The molecule has 128 valence electrons. The number of anilines is 1. The number of hydrogen-bond acceptors (Lipinski definition) is 3. The van der Waals surface area contributed by atoms with E-state index in [2.05, 4.69) is 21.2 Å². The van der Waals surface area contributed by atoms with Crippen molar-refractivity contribution >= 4 is 39.1 Å². The van der Waals surface area contributed by atoms with Crippen molar-refractivity contribution in [2.75, 3.05) is 18.5 Å². The van der Waals surface area contributed by atoms with Crippen molar-refractivity contribution in [1.82, 2.24) is 0 Å². The van der Waals surface area contributed by atoms with Crippen LogP contribution in [0.4, 0.5) is 5.69 Å². The molecule has 4 nitrogen and oxygen atoms in total. The molecule has 0 aromatic heterocycles. The number of para-hydroxylation sites is 1. The zero-order valence-electron chi connectivity index (χ0n) is 13.8. The smallest absolute Gasteiger partial charge is 0.255 e. The average Bonchev–Trinajstić information content (AvgIpc) is 2.54. The summed E-state index contributed by atoms with van der Waals surface area (Å²) in [6.45, 7) is 6.64. The van der Waals surface area contributed by atoms with Crippen molar-refractivity contribution in [1.29, 1.82) is 0 Å². The molecule has 2 rings (SSSR count). The monoisotopic (exact) mass is 411 g/mol. The SMILES string of the molecule is CCOc1cc(C(=O)Nc2c(C)cccc2Cl)cc(Br)c1OCC. The molecule has 0 spiro atoms. The van der Waals surface area contributed by atoms with Gasteiger partial charge in [0.25, 0.3) is 5.91 Å². The maximum Gasteiger partial charge on any atom is 0.255 e. The van der Waals surface area contributed by atoms with Gasteiger partial charge in [-0.3, -0.25) is 4.79 Å². The number of halogens is 2. The van der Waals surface area contributed by atoms with Crippen molar-refractivity contribution in [2.24, 2.45) is 0 Å². The highest BCUT2D eigenvalue weighted by atomic mass is 79.9. The predicted molar refractivity (Wildman–Crippen MR) is 101 cm³/mol. The van der Waals surface area contributed by atoms with Gasteiger partial charge in [0.1, 0.15) is 0 Å². The highest BCUT2D eigenvalue weighted by Gasteiger charge is 2.17. The van der Waals surface area contributed by atoms with Crippen LogP contribution < -0.4 is 14.8 Å². The summed E-state index contributed by atoms with van der Waals surface area (Å²) < 4.78 is 11.8. The molecule has 0 atom stereocenters. The van der Waals surface area contributed by atoms with E-state index in [1.54, 1.807) is 18.2 Å². The molecule has 0 aliphatic rings. The van der Waals surface area contributed by atoms with Crippen LogP contribution in [0.15, 0.2) is 34.8 Å². The number of benzene rings is 2. The van der Waals surface area contributed by atoms with Crippen LogP contribution in [0.5, 0.6) is 11.5 Å². The van der Waals surface area contributed by atoms with Gasteiger partial charge in [0.2, 0.25) is 0 Å². The van der Waals surface area contributed by atoms with Crippen molar-refractivity contribution in [3.8, 4) is 11.5 Å². The lowest BCUT2D eigenvalue weighted by Crippen LogP contribution is -2.14. The van der Waals surface area contributed by atoms with Crippen molar-refractivity contribution in [3.05, 3.63) is 51.0 Å². The largest absolute Gasteiger partial charge is 0.490 e. The normalized spacial score (nSPS) is 10.4. The second-order valence-electron chi connectivity index (χ2n) is 5.04. The average molecular weight is 413 g/mol. The van der Waals surface area contributed by atoms with Crippen LogP contribution in [-0.2, 0) is 0 Å². The molecule has 1 amide bonds. The van der Waals surface area contributed by atoms with E-state index in [0.29, 0.717) is 45.5 Å². The molecule has 0 aliphatic heterocycles. The lowest BCUT2D eigenvalue weighted by atomic mass is 10.1. The molecular weight excluding hydrogens is 394 g/mol. The number of carbonyl (C=O) groups excluding carboxylic acids is 1. The number of carbonyl (C=O) groups is 1. The number of nitrogens with one attached hydrogen (secondary N) is 1. The number of amides is 1. The van der Waals surface area contributed by atoms with Gasteiger partial charge in [-0.1, -0.05) is 23.7 Å². The van der Waals surface area contributed by atoms with Gasteiger partial charge in [-0.25, -0.2) is 0 Å². The standard InChI is InChI=1S/C18H19BrClNO3/c1-4-23-15-10-12(9-13(19)17(15)24-5-2)18(22)21-16-11(3)7-6-8-14(16)20/h6-10H,4-5H2,1-3H3,(H,21,22). The Kier molecular flexibility index (Phi) is 6.52. The lowest BCUT2D eigenvalue weighted by Gasteiger charge is -2.15. The molecule has 6 heteroatoms. The summed E-state index contributed by atoms with van der Waals surface area (Å²) in [7, 11) is 0. The molecule has 2 aromatic carbocycles. The van der Waals surface area contributed by atoms with E-state index in [4.69, 9.17) is 21.1 Å². The summed E-state index contributed by atoms with van der Waals surface area (Å²) in [4.78, 5) is 12.6. The summed E-state index contributed by atoms with van der Waals surface area (Å²) in [6, 6.07) is 8.84. The molecule has 0 aliphatic carbocycles. The fourth-order valence-electron chi connectivity index (χ4n) is 2.22. The number of aryl methyl sites for hydroxylation is 1. The second kappa shape index (κ2) is 8.40. The van der Waals surface area contributed by atoms with Crippen LogP contribution in [0.3, 0.4) is 0 Å². The predicted octanol–water partition coefficient (Wildman–Crippen LogP) is 5.46. The van der Waals surface area contributed by atoms with Gasteiger partial charge in [-0.15, -0.1) is 0 Å². The third-order valence-electron chi connectivity index (χ3n) is 3.32. The summed E-state index contributed by atoms with van der Waals surface area (Å²) in [6.07, 6.45) is 0. The zero-order valence-corrected chi connectivity index (χ0v) is 16.1. The Labute approximate surface area is 155 Å². The van der Waals surface area contributed by atoms with E-state index in [-0.39, 0.29) is 5.91 Å². The molecule has 1 N–H and O–H groups in total. The second-order valence-corrected chi connectivity index (χ2v) is 6.30. The van der Waals surface area contributed by atoms with E-state index in [0.717, 1.165) is 5.56 Å². The highest BCUT2D eigenvalue weighted by Crippen LogP contribution is 2.37. The quantitative estimate of drug-likeness (QED) is 0.685. The van der Waals surface area contributed by atoms with E-state index in [1.807, 2.05) is 32.9 Å². The number of ether oxygens (including phenoxy) is 2. The van der Waals surface area contributed by atoms with Crippen LogP contribution in [-0.4, -0.2) is 19.1 Å². The van der Waals surface area contributed by atoms with Crippen molar-refractivity contribution in [3.63, 3.8) is 0 Å². The first kappa shape index (κ1) is 18.6. The molecule has 0 fully saturated rings. The Morgan fingerprint density at radius 1 is 1.21 bits per heavy atom. The van der Waals surface area contributed by atoms with Gasteiger partial charge in [-0.2, -0.15) is 0 Å². The van der Waals surface area contributed by atoms with Crippen LogP contribution in [0, 0.1) is 6.92 Å². The molecule has 0 heterocycles. The Morgan fingerprint density at radius 3 is 2.54 bits per heavy atom. The molecule has 0 bridgehead atoms. The molecular formula is C18H19BrClNO3. The lowest BCUT2D eigenvalue weighted by molar-refractivity contribution is 0.102. The third kappa shape index (κ3) is 4.22. The number of hydrogen-bond donors (Lipinski definition) is 1. The molecule has 24 heavy (non-hydrogen) atoms. The first-order valence-corrected chi connectivity index (χ1v) is 8.80. The van der Waals surface area contributed by atoms with E-state index in [1.165, 1.54) is 0 Å². The Bertz CT molecular complexity index is 729. The minimum Gasteiger partial charge on any atom is -0.490 e. The van der Waals surface area contributed by atoms with Crippen LogP contribution >= 0.6 is 27.5 Å². The minimum absolute atomic E-state index is 0.268. The maximum atomic E-state index is 12.6. The summed E-state index contributed by atoms with van der Waals surface area (Å²) in [5.41, 5.74) is 1.95. The first-order valence-electron chi connectivity index (χ1n) is 7.63. The van der Waals surface area contributed by atoms with E-state index < -0.39 is 0 Å². The van der Waals surface area contributed by atoms with E-state index in [9.17, 15) is 4.79 Å². The minimum atomic E-state index is -0.268. The Balaban J connectivity index is 2.36. The molecule has 2 aromatic rings. The Hall–Kier alpha value is -1.72. The van der Waals surface area contributed by atoms with Gasteiger partial charge in [0.15, 0.2) is 11.5 Å². The first-order chi connectivity index (χ1) is 11.5. The maximum absolute atomic E-state index is 12.6. The fraction of sp³-hybridized carbons (Fsp3) is 0.278. The topological polar surface area (TPSA) is 47.6 Å². The van der Waals surface area contributed by atoms with Gasteiger partial charge in [0, 0.05) is 5.56 Å². The summed E-state index contributed by atoms with van der Waals surface area (Å²) in [5.74, 6) is 0.843. The van der Waals surface area contributed by atoms with Crippen LogP contribution in [0.25, 0.3) is 0 Å². The van der Waals surface area contributed by atoms with Gasteiger partial charge >= 0.3 is 0 Å². The van der Waals surface area contributed by atoms with E-state index >= 15 is 0 Å². The molecule has 0 radical (unpaired) electrons. The molecule has 0 saturated carbocycles. The number of rotatable bonds is 6. The summed E-state index contributed by atoms with van der Waals surface area (Å²) >= 11 is 9.61. The van der Waals surface area contributed by atoms with Gasteiger partial charge in [0.05, 0.1) is 28.4 Å². The Morgan fingerprint density at radius 2 is 1.92 bits per heavy atom. The van der Waals surface area contributed by atoms with Crippen molar-refractivity contribution in [2.45, 2.75) is 20.8 Å². The van der Waals surface area contributed by atoms with Crippen molar-refractivity contribution < 1.29 is 14.3 Å². The van der Waals surface area contributed by atoms with Gasteiger partial charge < -0.3 is 14.8 Å². The molecule has 0 unspecified atom stereocenters. The highest BCUT2D eigenvalue weighted by molar-refractivity contribution is 9.10. The van der Waals surface area contributed by atoms with Crippen LogP contribution in [0.1, 0.15) is 29.8 Å². The van der Waals surface area contributed by atoms with Crippen LogP contribution in [0.2, 0.25) is 5.02 Å². The molecule has 0 saturated heterocycles. The third-order valence-corrected chi connectivity index (χ3v) is 4.22.